The van der Waals surface area contributed by atoms with Crippen LogP contribution in [0.3, 0.4) is 0 Å². The lowest BCUT2D eigenvalue weighted by atomic mass is 9.74. The Morgan fingerprint density at radius 1 is 1.27 bits per heavy atom. The Morgan fingerprint density at radius 3 is 2.41 bits per heavy atom. The van der Waals surface area contributed by atoms with Crippen LogP contribution in [0.1, 0.15) is 31.9 Å². The summed E-state index contributed by atoms with van der Waals surface area (Å²) in [6, 6.07) is 6.64. The van der Waals surface area contributed by atoms with Crippen molar-refractivity contribution in [2.24, 2.45) is 11.3 Å². The summed E-state index contributed by atoms with van der Waals surface area (Å²) in [7, 11) is 1.25. The lowest BCUT2D eigenvalue weighted by Crippen LogP contribution is -2.48. The van der Waals surface area contributed by atoms with E-state index in [0.29, 0.717) is 10.6 Å². The van der Waals surface area contributed by atoms with Gasteiger partial charge in [0.2, 0.25) is 0 Å². The number of carbonyl (C=O) groups is 3. The second-order valence-electron chi connectivity index (χ2n) is 5.75. The molecule has 6 heteroatoms. The lowest BCUT2D eigenvalue weighted by Gasteiger charge is -2.37. The minimum Gasteiger partial charge on any atom is -0.469 e. The van der Waals surface area contributed by atoms with Gasteiger partial charge in [0.05, 0.1) is 19.4 Å². The molecular weight excluding hydrogens is 308 g/mol. The molecule has 2 atom stereocenters. The van der Waals surface area contributed by atoms with E-state index in [9.17, 15) is 14.4 Å². The van der Waals surface area contributed by atoms with Gasteiger partial charge in [-0.05, 0) is 31.5 Å². The Hall–Kier alpha value is -1.88. The van der Waals surface area contributed by atoms with Gasteiger partial charge < -0.3 is 9.47 Å². The summed E-state index contributed by atoms with van der Waals surface area (Å²) in [4.78, 5) is 36.3. The number of Topliss-reactive ketones (excluding diaryl/α,β-unsaturated/α-hetero) is 1. The van der Waals surface area contributed by atoms with Gasteiger partial charge in [-0.2, -0.15) is 0 Å². The maximum absolute atomic E-state index is 12.6. The van der Waals surface area contributed by atoms with Gasteiger partial charge in [0.15, 0.2) is 5.78 Å². The van der Waals surface area contributed by atoms with Gasteiger partial charge in [-0.25, -0.2) is 0 Å². The number of rotatable bonds is 3. The molecule has 2 rings (SSSR count). The quantitative estimate of drug-likeness (QED) is 0.631. The monoisotopic (exact) mass is 324 g/mol. The number of hydrogen-bond acceptors (Lipinski definition) is 5. The van der Waals surface area contributed by atoms with E-state index in [4.69, 9.17) is 16.3 Å². The Morgan fingerprint density at radius 2 is 1.86 bits per heavy atom. The smallest absolute Gasteiger partial charge is 0.319 e. The molecule has 0 radical (unpaired) electrons. The fourth-order valence-electron chi connectivity index (χ4n) is 2.46. The maximum atomic E-state index is 12.6. The molecule has 0 spiro atoms. The second-order valence-corrected chi connectivity index (χ2v) is 6.19. The normalized spacial score (nSPS) is 23.8. The van der Waals surface area contributed by atoms with Gasteiger partial charge in [0, 0.05) is 5.02 Å². The summed E-state index contributed by atoms with van der Waals surface area (Å²) in [6.07, 6.45) is -0.955. The molecule has 0 amide bonds. The van der Waals surface area contributed by atoms with Crippen LogP contribution in [0.15, 0.2) is 24.3 Å². The van der Waals surface area contributed by atoms with Crippen molar-refractivity contribution in [2.75, 3.05) is 7.11 Å². The number of carbonyl (C=O) groups excluding carboxylic acids is 3. The molecule has 0 aromatic heterocycles. The topological polar surface area (TPSA) is 69.7 Å². The van der Waals surface area contributed by atoms with Crippen LogP contribution in [0, 0.1) is 11.3 Å². The van der Waals surface area contributed by atoms with E-state index >= 15 is 0 Å². The van der Waals surface area contributed by atoms with Crippen LogP contribution in [-0.4, -0.2) is 24.8 Å². The first-order chi connectivity index (χ1) is 10.3. The van der Waals surface area contributed by atoms with Crippen LogP contribution in [0.2, 0.25) is 5.02 Å². The molecule has 1 saturated heterocycles. The summed E-state index contributed by atoms with van der Waals surface area (Å²) in [6.45, 7) is 3.00. The van der Waals surface area contributed by atoms with Crippen LogP contribution >= 0.6 is 11.6 Å². The standard InChI is InChI=1S/C16H17ClO5/c1-16(2)14(19)11(8-12(18)21-3)13(22-15(16)20)9-4-6-10(17)7-5-9/h4-7,11,13H,8H2,1-3H3/t11-,13-/m0/s1. The number of hydrogen-bond donors (Lipinski definition) is 0. The molecule has 1 aromatic carbocycles. The molecule has 0 aliphatic carbocycles. The fourth-order valence-corrected chi connectivity index (χ4v) is 2.59. The molecule has 22 heavy (non-hydrogen) atoms. The molecule has 1 aliphatic rings. The highest BCUT2D eigenvalue weighted by Crippen LogP contribution is 2.41. The first kappa shape index (κ1) is 16.5. The fraction of sp³-hybridized carbons (Fsp3) is 0.438. The highest BCUT2D eigenvalue weighted by molar-refractivity contribution is 6.30. The number of esters is 2. The van der Waals surface area contributed by atoms with Crippen LogP contribution < -0.4 is 0 Å². The maximum Gasteiger partial charge on any atom is 0.319 e. The summed E-state index contributed by atoms with van der Waals surface area (Å²) in [5.74, 6) is -2.22. The van der Waals surface area contributed by atoms with Crippen molar-refractivity contribution in [3.05, 3.63) is 34.9 Å². The van der Waals surface area contributed by atoms with Gasteiger partial charge in [0.1, 0.15) is 11.5 Å². The zero-order chi connectivity index (χ0) is 16.5. The number of ketones is 1. The molecule has 0 saturated carbocycles. The summed E-state index contributed by atoms with van der Waals surface area (Å²) >= 11 is 5.85. The Labute approximate surface area is 133 Å². The molecule has 1 aromatic rings. The predicted molar refractivity (Wildman–Crippen MR) is 79.2 cm³/mol. The largest absolute Gasteiger partial charge is 0.469 e. The highest BCUT2D eigenvalue weighted by atomic mass is 35.5. The summed E-state index contributed by atoms with van der Waals surface area (Å²) in [5, 5.41) is 0.530. The van der Waals surface area contributed by atoms with Gasteiger partial charge >= 0.3 is 11.9 Å². The Balaban J connectivity index is 2.39. The van der Waals surface area contributed by atoms with E-state index in [1.165, 1.54) is 21.0 Å². The van der Waals surface area contributed by atoms with E-state index in [1.807, 2.05) is 0 Å². The molecular formula is C16H17ClO5. The van der Waals surface area contributed by atoms with Crippen molar-refractivity contribution in [3.8, 4) is 0 Å². The predicted octanol–water partition coefficient (Wildman–Crippen LogP) is 2.71. The lowest BCUT2D eigenvalue weighted by molar-refractivity contribution is -0.181. The first-order valence-corrected chi connectivity index (χ1v) is 7.23. The van der Waals surface area contributed by atoms with Gasteiger partial charge in [-0.15, -0.1) is 0 Å². The zero-order valence-corrected chi connectivity index (χ0v) is 13.3. The molecule has 1 aliphatic heterocycles. The third-order valence-electron chi connectivity index (χ3n) is 3.88. The molecule has 1 fully saturated rings. The summed E-state index contributed by atoms with van der Waals surface area (Å²) < 4.78 is 10.1. The molecule has 0 bridgehead atoms. The molecule has 118 valence electrons. The average molecular weight is 325 g/mol. The van der Waals surface area contributed by atoms with E-state index in [1.54, 1.807) is 24.3 Å². The molecule has 0 N–H and O–H groups in total. The van der Waals surface area contributed by atoms with Crippen molar-refractivity contribution >= 4 is 29.3 Å². The van der Waals surface area contributed by atoms with Crippen LogP contribution in [0.5, 0.6) is 0 Å². The SMILES string of the molecule is COC(=O)C[C@@H]1C(=O)C(C)(C)C(=O)O[C@H]1c1ccc(Cl)cc1. The van der Waals surface area contributed by atoms with Crippen LogP contribution in [0.4, 0.5) is 0 Å². The Kier molecular flexibility index (Phi) is 4.56. The molecule has 5 nitrogen and oxygen atoms in total. The second kappa shape index (κ2) is 6.08. The molecule has 0 unspecified atom stereocenters. The number of halogens is 1. The van der Waals surface area contributed by atoms with E-state index in [2.05, 4.69) is 4.74 Å². The van der Waals surface area contributed by atoms with Crippen molar-refractivity contribution in [1.29, 1.82) is 0 Å². The van der Waals surface area contributed by atoms with Crippen molar-refractivity contribution in [3.63, 3.8) is 0 Å². The van der Waals surface area contributed by atoms with Gasteiger partial charge in [-0.1, -0.05) is 23.7 Å². The van der Waals surface area contributed by atoms with Gasteiger partial charge in [0.25, 0.3) is 0 Å². The van der Waals surface area contributed by atoms with Crippen molar-refractivity contribution in [2.45, 2.75) is 26.4 Å². The average Bonchev–Trinajstić information content (AvgIpc) is 2.49. The number of methoxy groups -OCH3 is 1. The first-order valence-electron chi connectivity index (χ1n) is 6.85. The molecule has 1 heterocycles. The van der Waals surface area contributed by atoms with E-state index in [-0.39, 0.29) is 12.2 Å². The third kappa shape index (κ3) is 2.99. The summed E-state index contributed by atoms with van der Waals surface area (Å²) in [5.41, 5.74) is -0.655. The van der Waals surface area contributed by atoms with Crippen molar-refractivity contribution < 1.29 is 23.9 Å². The number of cyclic esters (lactones) is 1. The van der Waals surface area contributed by atoms with E-state index < -0.39 is 29.4 Å². The van der Waals surface area contributed by atoms with Gasteiger partial charge in [-0.3, -0.25) is 14.4 Å². The van der Waals surface area contributed by atoms with Crippen molar-refractivity contribution in [1.82, 2.24) is 0 Å². The van der Waals surface area contributed by atoms with E-state index in [0.717, 1.165) is 0 Å². The van der Waals surface area contributed by atoms with Crippen LogP contribution in [0.25, 0.3) is 0 Å². The Bertz CT molecular complexity index is 605. The minimum atomic E-state index is -1.28. The highest BCUT2D eigenvalue weighted by Gasteiger charge is 2.51. The minimum absolute atomic E-state index is 0.140. The zero-order valence-electron chi connectivity index (χ0n) is 12.6. The number of ether oxygens (including phenoxy) is 2. The third-order valence-corrected chi connectivity index (χ3v) is 4.13. The number of benzene rings is 1. The van der Waals surface area contributed by atoms with Crippen LogP contribution in [-0.2, 0) is 23.9 Å².